The van der Waals surface area contributed by atoms with E-state index in [0.717, 1.165) is 51.8 Å². The number of fused-ring (bicyclic) bond motifs is 6. The molecule has 5 aliphatic rings. The van der Waals surface area contributed by atoms with E-state index in [1.807, 2.05) is 39.1 Å². The second-order valence-electron chi connectivity index (χ2n) is 20.9. The molecule has 5 aliphatic heterocycles. The fourth-order valence-electron chi connectivity index (χ4n) is 11.0. The number of nitrogens with two attached hydrogens (primary N) is 1. The van der Waals surface area contributed by atoms with Crippen molar-refractivity contribution in [3.63, 3.8) is 0 Å². The Labute approximate surface area is 405 Å². The Morgan fingerprint density at radius 3 is 2.52 bits per heavy atom. The number of amides is 3. The monoisotopic (exact) mass is 970 g/mol. The predicted octanol–water partition coefficient (Wildman–Crippen LogP) is 4.53. The normalized spacial score (nSPS) is 23.5. The quantitative estimate of drug-likeness (QED) is 0.196. The van der Waals surface area contributed by atoms with Gasteiger partial charge in [0.2, 0.25) is 21.8 Å². The number of nitrogens with zero attached hydrogens (tertiary/aromatic N) is 5. The highest BCUT2D eigenvalue weighted by atomic mass is 32.2. The summed E-state index contributed by atoms with van der Waals surface area (Å²) in [5.74, 6) is -2.21. The van der Waals surface area contributed by atoms with Crippen LogP contribution < -0.4 is 16.5 Å². The molecule has 6 heterocycles. The maximum absolute atomic E-state index is 14.8. The standard InChI is InChI=1S/C51H70N8O9S/c1-9-57-42-15-14-34-24-38(42)39(45(57)37-12-10-17-53-43(37)32(5)67-8)25-50(6,7)29-68-48(63)40-13-11-18-59(55-40)47(62)41(22-33-20-35(34)23-36(60)21-33)54-46(61)44(30(2)3)58-19-16-51(49(58)64)27-56(28-51)69(65,66)31(4)26-52/h14-15,17,20-21,23-24,30-32,40-41,44,55,60H,9-13,16,18-19,22,25-29,52H2,1-8H3,(H,54,61)/t31-,32+,40+,41+,44+/m1/s1. The molecule has 18 heteroatoms. The lowest BCUT2D eigenvalue weighted by molar-refractivity contribution is -0.155. The number of ether oxygens (including phenoxy) is 2. The zero-order valence-corrected chi connectivity index (χ0v) is 42.2. The number of phenolic OH excluding ortho intramolecular Hbond substituents is 1. The van der Waals surface area contributed by atoms with Gasteiger partial charge in [-0.25, -0.2) is 13.8 Å². The van der Waals surface area contributed by atoms with Gasteiger partial charge >= 0.3 is 5.97 Å². The smallest absolute Gasteiger partial charge is 0.324 e. The summed E-state index contributed by atoms with van der Waals surface area (Å²) in [6, 6.07) is 8.49. The van der Waals surface area contributed by atoms with Crippen LogP contribution >= 0.6 is 0 Å². The first-order chi connectivity index (χ1) is 32.7. The van der Waals surface area contributed by atoms with Gasteiger partial charge in [-0.2, -0.15) is 4.31 Å². The molecule has 69 heavy (non-hydrogen) atoms. The van der Waals surface area contributed by atoms with Crippen LogP contribution in [0.2, 0.25) is 0 Å². The van der Waals surface area contributed by atoms with Crippen molar-refractivity contribution in [3.05, 3.63) is 58.9 Å². The first-order valence-electron chi connectivity index (χ1n) is 24.5. The number of aliphatic imine (C=N–C) groups is 1. The number of allylic oxidation sites excluding steroid dienone is 1. The maximum Gasteiger partial charge on any atom is 0.324 e. The van der Waals surface area contributed by atoms with Crippen molar-refractivity contribution in [2.45, 2.75) is 129 Å². The van der Waals surface area contributed by atoms with Gasteiger partial charge in [0.05, 0.1) is 34.8 Å². The predicted molar refractivity (Wildman–Crippen MR) is 264 cm³/mol. The molecule has 0 aliphatic carbocycles. The third-order valence-electron chi connectivity index (χ3n) is 14.9. The number of esters is 1. The summed E-state index contributed by atoms with van der Waals surface area (Å²) in [7, 11) is -2.00. The van der Waals surface area contributed by atoms with Crippen molar-refractivity contribution in [1.29, 1.82) is 0 Å². The SMILES string of the molecule is CCn1c(C2=C([C@H](C)OC)N=CCC2)c2c3cc(ccc31)-c1cc(O)cc(c1)C[C@H](NC(=O)[C@H](C(C)C)N1CCC3(CN(S(=O)(=O)[C@H](C)CN)C3)C1=O)C(=O)N1CCC[C@H](N1)C(=O)OCC(C)(C)C2. The Morgan fingerprint density at radius 1 is 1.07 bits per heavy atom. The molecule has 1 aromatic heterocycles. The molecule has 8 rings (SSSR count). The number of sulfonamides is 1. The zero-order valence-electron chi connectivity index (χ0n) is 41.3. The molecule has 17 nitrogen and oxygen atoms in total. The van der Waals surface area contributed by atoms with E-state index in [1.54, 1.807) is 26.2 Å². The summed E-state index contributed by atoms with van der Waals surface area (Å²) in [4.78, 5) is 64.1. The van der Waals surface area contributed by atoms with Gasteiger partial charge < -0.3 is 35.1 Å². The highest BCUT2D eigenvalue weighted by molar-refractivity contribution is 7.89. The van der Waals surface area contributed by atoms with E-state index in [9.17, 15) is 32.7 Å². The third kappa shape index (κ3) is 9.58. The largest absolute Gasteiger partial charge is 0.508 e. The number of methoxy groups -OCH3 is 1. The van der Waals surface area contributed by atoms with Crippen LogP contribution in [-0.2, 0) is 58.1 Å². The molecule has 5 atom stereocenters. The molecule has 0 radical (unpaired) electrons. The number of nitrogens with one attached hydrogen (secondary N) is 2. The van der Waals surface area contributed by atoms with Crippen LogP contribution in [0.5, 0.6) is 5.75 Å². The highest BCUT2D eigenvalue weighted by Crippen LogP contribution is 2.45. The number of rotatable bonds is 11. The molecule has 374 valence electrons. The molecule has 3 aromatic rings. The molecule has 3 saturated heterocycles. The summed E-state index contributed by atoms with van der Waals surface area (Å²) in [5.41, 5.74) is 14.7. The molecule has 2 aromatic carbocycles. The van der Waals surface area contributed by atoms with Gasteiger partial charge in [0.1, 0.15) is 23.9 Å². The number of carbonyl (C=O) groups excluding carboxylic acids is 4. The molecule has 3 amide bonds. The lowest BCUT2D eigenvalue weighted by Gasteiger charge is -2.46. The fourth-order valence-corrected chi connectivity index (χ4v) is 12.6. The average Bonchev–Trinajstić information content (AvgIpc) is 3.81. The van der Waals surface area contributed by atoms with Gasteiger partial charge in [-0.1, -0.05) is 39.8 Å². The Bertz CT molecular complexity index is 2690. The van der Waals surface area contributed by atoms with E-state index in [4.69, 9.17) is 20.2 Å². The maximum atomic E-state index is 14.8. The summed E-state index contributed by atoms with van der Waals surface area (Å²) >= 11 is 0. The van der Waals surface area contributed by atoms with Crippen LogP contribution in [0.15, 0.2) is 47.1 Å². The molecule has 0 unspecified atom stereocenters. The lowest BCUT2D eigenvalue weighted by atomic mass is 9.80. The first kappa shape index (κ1) is 50.3. The van der Waals surface area contributed by atoms with E-state index in [0.29, 0.717) is 43.4 Å². The molecule has 3 fully saturated rings. The number of cyclic esters (lactones) is 1. The number of hydrazine groups is 1. The van der Waals surface area contributed by atoms with Gasteiger partial charge in [-0.05, 0) is 112 Å². The van der Waals surface area contributed by atoms with E-state index in [-0.39, 0.29) is 69.4 Å². The van der Waals surface area contributed by atoms with Crippen LogP contribution in [-0.4, -0.2) is 138 Å². The minimum atomic E-state index is -3.69. The highest BCUT2D eigenvalue weighted by Gasteiger charge is 2.59. The van der Waals surface area contributed by atoms with E-state index in [1.165, 1.54) is 14.2 Å². The second-order valence-corrected chi connectivity index (χ2v) is 23.2. The van der Waals surface area contributed by atoms with E-state index < -0.39 is 62.0 Å². The van der Waals surface area contributed by atoms with Crippen LogP contribution in [0.3, 0.4) is 0 Å². The number of likely N-dealkylation sites (tertiary alicyclic amines) is 1. The van der Waals surface area contributed by atoms with Crippen molar-refractivity contribution in [1.82, 2.24) is 29.5 Å². The topological polar surface area (TPSA) is 218 Å². The molecular formula is C51H70N8O9S. The van der Waals surface area contributed by atoms with Crippen molar-refractivity contribution in [2.24, 2.45) is 27.5 Å². The van der Waals surface area contributed by atoms with Crippen LogP contribution in [0.4, 0.5) is 0 Å². The second kappa shape index (κ2) is 19.6. The minimum Gasteiger partial charge on any atom is -0.508 e. The van der Waals surface area contributed by atoms with Crippen molar-refractivity contribution in [2.75, 3.05) is 46.4 Å². The number of aromatic nitrogens is 1. The summed E-state index contributed by atoms with van der Waals surface area (Å²) in [5, 5.41) is 16.0. The lowest BCUT2D eigenvalue weighted by Crippen LogP contribution is -2.65. The Kier molecular flexibility index (Phi) is 14.3. The van der Waals surface area contributed by atoms with E-state index >= 15 is 0 Å². The summed E-state index contributed by atoms with van der Waals surface area (Å²) in [6.45, 7) is 14.8. The minimum absolute atomic E-state index is 0.0181. The van der Waals surface area contributed by atoms with Crippen molar-refractivity contribution >= 4 is 56.4 Å². The average molecular weight is 971 g/mol. The fraction of sp³-hybridized carbons (Fsp3) is 0.588. The number of benzene rings is 2. The Balaban J connectivity index is 1.18. The van der Waals surface area contributed by atoms with Crippen molar-refractivity contribution < 1.29 is 42.2 Å². The van der Waals surface area contributed by atoms with Gasteiger partial charge in [0, 0.05) is 80.9 Å². The van der Waals surface area contributed by atoms with Gasteiger partial charge in [0.15, 0.2) is 0 Å². The third-order valence-corrected chi connectivity index (χ3v) is 17.1. The van der Waals surface area contributed by atoms with Gasteiger partial charge in [-0.3, -0.25) is 29.2 Å². The number of aromatic hydroxyl groups is 1. The van der Waals surface area contributed by atoms with Gasteiger partial charge in [-0.15, -0.1) is 0 Å². The molecule has 6 bridgehead atoms. The summed E-state index contributed by atoms with van der Waals surface area (Å²) < 4.78 is 41.8. The zero-order chi connectivity index (χ0) is 49.7. The first-order valence-corrected chi connectivity index (χ1v) is 26.0. The number of hydrogen-bond donors (Lipinski definition) is 4. The molecule has 5 N–H and O–H groups in total. The molecule has 1 spiro atoms. The summed E-state index contributed by atoms with van der Waals surface area (Å²) in [6.07, 6.45) is 5.11. The Hall–Kier alpha value is -5.14. The number of phenols is 1. The Morgan fingerprint density at radius 2 is 1.83 bits per heavy atom. The van der Waals surface area contributed by atoms with Crippen LogP contribution in [0, 0.1) is 16.7 Å². The number of aryl methyl sites for hydroxylation is 1. The van der Waals surface area contributed by atoms with Crippen LogP contribution in [0.25, 0.3) is 27.6 Å². The van der Waals surface area contributed by atoms with Crippen LogP contribution in [0.1, 0.15) is 97.4 Å². The number of carbonyl (C=O) groups is 4. The van der Waals surface area contributed by atoms with Gasteiger partial charge in [0.25, 0.3) is 5.91 Å². The van der Waals surface area contributed by atoms with Crippen molar-refractivity contribution in [3.8, 4) is 16.9 Å². The molecule has 0 saturated carbocycles. The molecular weight excluding hydrogens is 901 g/mol. The number of hydrogen-bond acceptors (Lipinski definition) is 12. The van der Waals surface area contributed by atoms with E-state index in [2.05, 4.69) is 48.2 Å².